The van der Waals surface area contributed by atoms with Crippen molar-refractivity contribution in [2.75, 3.05) is 26.7 Å². The summed E-state index contributed by atoms with van der Waals surface area (Å²) in [5.41, 5.74) is 3.03. The second-order valence-corrected chi connectivity index (χ2v) is 7.67. The molecular formula is C21H32N4O. The normalized spacial score (nSPS) is 19.2. The van der Waals surface area contributed by atoms with E-state index in [-0.39, 0.29) is 5.91 Å². The molecule has 1 fully saturated rings. The van der Waals surface area contributed by atoms with E-state index in [2.05, 4.69) is 40.7 Å². The van der Waals surface area contributed by atoms with Crippen LogP contribution in [0, 0.1) is 5.41 Å². The highest BCUT2D eigenvalue weighted by molar-refractivity contribution is 5.86. The van der Waals surface area contributed by atoms with Crippen LogP contribution >= 0.6 is 0 Å². The first-order chi connectivity index (χ1) is 12.7. The summed E-state index contributed by atoms with van der Waals surface area (Å²) < 4.78 is 0. The van der Waals surface area contributed by atoms with Gasteiger partial charge in [-0.05, 0) is 42.2 Å². The van der Waals surface area contributed by atoms with Crippen molar-refractivity contribution in [2.45, 2.75) is 52.0 Å². The third-order valence-electron chi connectivity index (χ3n) is 6.16. The molecule has 3 rings (SSSR count). The van der Waals surface area contributed by atoms with Crippen LogP contribution < -0.4 is 10.6 Å². The molecule has 0 unspecified atom stereocenters. The summed E-state index contributed by atoms with van der Waals surface area (Å²) >= 11 is 0. The van der Waals surface area contributed by atoms with Gasteiger partial charge in [-0.15, -0.1) is 0 Å². The fourth-order valence-electron chi connectivity index (χ4n) is 4.25. The van der Waals surface area contributed by atoms with Crippen LogP contribution in [0.15, 0.2) is 29.3 Å². The van der Waals surface area contributed by atoms with Gasteiger partial charge in [0.15, 0.2) is 5.96 Å². The first-order valence-electron chi connectivity index (χ1n) is 9.95. The number of carbonyl (C=O) groups is 1. The van der Waals surface area contributed by atoms with Crippen LogP contribution in [0.3, 0.4) is 0 Å². The number of carbonyl (C=O) groups excluding carboxylic acids is 1. The van der Waals surface area contributed by atoms with Crippen LogP contribution in [0.4, 0.5) is 0 Å². The minimum atomic E-state index is 0.133. The number of benzene rings is 1. The van der Waals surface area contributed by atoms with Crippen molar-refractivity contribution < 1.29 is 4.79 Å². The first-order valence-corrected chi connectivity index (χ1v) is 9.95. The standard InChI is InChI=1S/C21H32N4O/c1-3-21(11-6-7-12-21)16-24-20(22-2)23-14-19(26)25-13-10-17-8-4-5-9-18(17)15-25/h4-5,8-9H,3,6-7,10-16H2,1-2H3,(H2,22,23,24). The molecule has 0 spiro atoms. The van der Waals surface area contributed by atoms with Crippen LogP contribution in [-0.2, 0) is 17.8 Å². The van der Waals surface area contributed by atoms with E-state index >= 15 is 0 Å². The van der Waals surface area contributed by atoms with E-state index in [4.69, 9.17) is 0 Å². The van der Waals surface area contributed by atoms with Gasteiger partial charge < -0.3 is 15.5 Å². The molecule has 1 aliphatic heterocycles. The average molecular weight is 357 g/mol. The summed E-state index contributed by atoms with van der Waals surface area (Å²) in [4.78, 5) is 18.8. The summed E-state index contributed by atoms with van der Waals surface area (Å²) in [5.74, 6) is 0.865. The van der Waals surface area contributed by atoms with E-state index in [0.29, 0.717) is 18.5 Å². The number of amides is 1. The fourth-order valence-corrected chi connectivity index (χ4v) is 4.25. The Balaban J connectivity index is 1.47. The minimum Gasteiger partial charge on any atom is -0.356 e. The third-order valence-corrected chi connectivity index (χ3v) is 6.16. The Labute approximate surface area is 157 Å². The van der Waals surface area contributed by atoms with E-state index in [1.54, 1.807) is 7.05 Å². The zero-order chi connectivity index (χ0) is 18.4. The minimum absolute atomic E-state index is 0.133. The van der Waals surface area contributed by atoms with E-state index < -0.39 is 0 Å². The maximum absolute atomic E-state index is 12.6. The predicted molar refractivity (Wildman–Crippen MR) is 106 cm³/mol. The van der Waals surface area contributed by atoms with E-state index in [1.165, 1.54) is 43.2 Å². The summed E-state index contributed by atoms with van der Waals surface area (Å²) in [6.45, 7) is 5.01. The lowest BCUT2D eigenvalue weighted by atomic mass is 9.83. The molecule has 1 saturated carbocycles. The molecule has 2 N–H and O–H groups in total. The van der Waals surface area contributed by atoms with Gasteiger partial charge in [0.05, 0.1) is 6.54 Å². The highest BCUT2D eigenvalue weighted by Crippen LogP contribution is 2.40. The summed E-state index contributed by atoms with van der Waals surface area (Å²) in [7, 11) is 1.77. The Kier molecular flexibility index (Phi) is 6.17. The van der Waals surface area contributed by atoms with Gasteiger partial charge in [-0.1, -0.05) is 44.0 Å². The second-order valence-electron chi connectivity index (χ2n) is 7.67. The van der Waals surface area contributed by atoms with Crippen molar-refractivity contribution in [2.24, 2.45) is 10.4 Å². The molecule has 0 atom stereocenters. The van der Waals surface area contributed by atoms with Crippen molar-refractivity contribution in [1.82, 2.24) is 15.5 Å². The van der Waals surface area contributed by atoms with E-state index in [1.807, 2.05) is 11.0 Å². The molecular weight excluding hydrogens is 324 g/mol. The molecule has 1 heterocycles. The maximum Gasteiger partial charge on any atom is 0.242 e. The third kappa shape index (κ3) is 4.37. The Morgan fingerprint density at radius 2 is 1.92 bits per heavy atom. The molecule has 0 bridgehead atoms. The number of guanidine groups is 1. The predicted octanol–water partition coefficient (Wildman–Crippen LogP) is 2.71. The molecule has 1 amide bonds. The number of nitrogens with zero attached hydrogens (tertiary/aromatic N) is 2. The van der Waals surface area contributed by atoms with Gasteiger partial charge in [-0.25, -0.2) is 0 Å². The smallest absolute Gasteiger partial charge is 0.242 e. The van der Waals surface area contributed by atoms with Crippen LogP contribution in [0.25, 0.3) is 0 Å². The molecule has 142 valence electrons. The zero-order valence-corrected chi connectivity index (χ0v) is 16.2. The van der Waals surface area contributed by atoms with Crippen molar-refractivity contribution >= 4 is 11.9 Å². The molecule has 1 aliphatic carbocycles. The fraction of sp³-hybridized carbons (Fsp3) is 0.619. The Morgan fingerprint density at radius 1 is 1.19 bits per heavy atom. The lowest BCUT2D eigenvalue weighted by Gasteiger charge is -2.30. The number of rotatable bonds is 5. The van der Waals surface area contributed by atoms with Crippen LogP contribution in [0.2, 0.25) is 0 Å². The number of fused-ring (bicyclic) bond motifs is 1. The molecule has 26 heavy (non-hydrogen) atoms. The van der Waals surface area contributed by atoms with Gasteiger partial charge in [-0.2, -0.15) is 0 Å². The second kappa shape index (κ2) is 8.56. The SMILES string of the molecule is CCC1(CNC(=NC)NCC(=O)N2CCc3ccccc3C2)CCCC1. The number of aliphatic imine (C=N–C) groups is 1. The molecule has 0 saturated heterocycles. The van der Waals surface area contributed by atoms with E-state index in [9.17, 15) is 4.79 Å². The Bertz CT molecular complexity index is 649. The summed E-state index contributed by atoms with van der Waals surface area (Å²) in [6.07, 6.45) is 7.38. The molecule has 5 heteroatoms. The maximum atomic E-state index is 12.6. The number of hydrogen-bond donors (Lipinski definition) is 2. The van der Waals surface area contributed by atoms with Crippen LogP contribution in [0.5, 0.6) is 0 Å². The van der Waals surface area contributed by atoms with Gasteiger partial charge in [0, 0.05) is 26.7 Å². The van der Waals surface area contributed by atoms with Gasteiger partial charge in [0.1, 0.15) is 0 Å². The summed E-state index contributed by atoms with van der Waals surface area (Å²) in [5, 5.41) is 6.65. The zero-order valence-electron chi connectivity index (χ0n) is 16.2. The Hall–Kier alpha value is -2.04. The van der Waals surface area contributed by atoms with Gasteiger partial charge in [0.2, 0.25) is 5.91 Å². The van der Waals surface area contributed by atoms with E-state index in [0.717, 1.165) is 25.5 Å². The van der Waals surface area contributed by atoms with Crippen LogP contribution in [-0.4, -0.2) is 43.4 Å². The van der Waals surface area contributed by atoms with Crippen molar-refractivity contribution in [3.63, 3.8) is 0 Å². The highest BCUT2D eigenvalue weighted by atomic mass is 16.2. The number of nitrogens with one attached hydrogen (secondary N) is 2. The van der Waals surface area contributed by atoms with Crippen LogP contribution in [0.1, 0.15) is 50.2 Å². The largest absolute Gasteiger partial charge is 0.356 e. The van der Waals surface area contributed by atoms with Gasteiger partial charge >= 0.3 is 0 Å². The van der Waals surface area contributed by atoms with Gasteiger partial charge in [-0.3, -0.25) is 9.79 Å². The Morgan fingerprint density at radius 3 is 2.62 bits per heavy atom. The lowest BCUT2D eigenvalue weighted by Crippen LogP contribution is -2.47. The molecule has 0 aromatic heterocycles. The number of hydrogen-bond acceptors (Lipinski definition) is 2. The van der Waals surface area contributed by atoms with Crippen molar-refractivity contribution in [3.05, 3.63) is 35.4 Å². The molecule has 1 aromatic carbocycles. The topological polar surface area (TPSA) is 56.7 Å². The van der Waals surface area contributed by atoms with Gasteiger partial charge in [0.25, 0.3) is 0 Å². The molecule has 2 aliphatic rings. The van der Waals surface area contributed by atoms with Crippen molar-refractivity contribution in [3.8, 4) is 0 Å². The monoisotopic (exact) mass is 356 g/mol. The molecule has 1 aromatic rings. The average Bonchev–Trinajstić information content (AvgIpc) is 3.17. The first kappa shape index (κ1) is 18.7. The molecule has 5 nitrogen and oxygen atoms in total. The summed E-state index contributed by atoms with van der Waals surface area (Å²) in [6, 6.07) is 8.40. The lowest BCUT2D eigenvalue weighted by molar-refractivity contribution is -0.130. The van der Waals surface area contributed by atoms with Crippen molar-refractivity contribution in [1.29, 1.82) is 0 Å². The highest BCUT2D eigenvalue weighted by Gasteiger charge is 2.32. The molecule has 0 radical (unpaired) electrons. The quantitative estimate of drug-likeness (QED) is 0.630.